The Bertz CT molecular complexity index is 1580. The smallest absolute Gasteiger partial charge is 0.257 e. The number of hydrogen-bond donors (Lipinski definition) is 3. The lowest BCUT2D eigenvalue weighted by molar-refractivity contribution is -0.140. The molecule has 198 valence electrons. The first kappa shape index (κ1) is 24.7. The second-order valence-corrected chi connectivity index (χ2v) is 12.5. The molecule has 4 bridgehead atoms. The highest BCUT2D eigenvalue weighted by Gasteiger charge is 2.54. The van der Waals surface area contributed by atoms with Crippen LogP contribution in [0.1, 0.15) is 48.9 Å². The molecular formula is C31H28Cl2N4O2. The Morgan fingerprint density at radius 1 is 0.821 bits per heavy atom. The maximum Gasteiger partial charge on any atom is 0.257 e. The zero-order valence-corrected chi connectivity index (χ0v) is 22.8. The van der Waals surface area contributed by atoms with Gasteiger partial charge in [-0.15, -0.1) is 0 Å². The van der Waals surface area contributed by atoms with E-state index in [-0.39, 0.29) is 17.2 Å². The number of carbonyl (C=O) groups is 2. The van der Waals surface area contributed by atoms with Crippen LogP contribution in [0.3, 0.4) is 0 Å². The van der Waals surface area contributed by atoms with Crippen LogP contribution >= 0.6 is 23.2 Å². The molecule has 4 aliphatic carbocycles. The van der Waals surface area contributed by atoms with Crippen molar-refractivity contribution in [2.75, 3.05) is 10.6 Å². The summed E-state index contributed by atoms with van der Waals surface area (Å²) in [4.78, 5) is 34.2. The molecule has 2 amide bonds. The first-order valence-corrected chi connectivity index (χ1v) is 14.3. The minimum absolute atomic E-state index is 0.182. The number of aromatic nitrogens is 2. The summed E-state index contributed by atoms with van der Waals surface area (Å²) in [5.74, 6) is 2.79. The molecule has 4 aromatic rings. The van der Waals surface area contributed by atoms with Crippen LogP contribution in [0.5, 0.6) is 0 Å². The van der Waals surface area contributed by atoms with E-state index in [1.54, 1.807) is 18.2 Å². The van der Waals surface area contributed by atoms with Gasteiger partial charge in [0, 0.05) is 22.0 Å². The van der Waals surface area contributed by atoms with E-state index < -0.39 is 0 Å². The van der Waals surface area contributed by atoms with Crippen molar-refractivity contribution >= 4 is 57.4 Å². The maximum atomic E-state index is 13.5. The number of nitrogens with zero attached hydrogens (tertiary/aromatic N) is 1. The lowest BCUT2D eigenvalue weighted by Crippen LogP contribution is -2.51. The minimum atomic E-state index is -0.309. The molecule has 6 nitrogen and oxygen atoms in total. The number of fused-ring (bicyclic) bond motifs is 1. The Morgan fingerprint density at radius 2 is 1.49 bits per heavy atom. The number of anilines is 2. The quantitative estimate of drug-likeness (QED) is 0.232. The molecule has 0 saturated heterocycles. The maximum absolute atomic E-state index is 13.5. The number of aromatic amines is 1. The molecule has 1 aromatic heterocycles. The number of benzene rings is 3. The van der Waals surface area contributed by atoms with Crippen molar-refractivity contribution in [3.63, 3.8) is 0 Å². The van der Waals surface area contributed by atoms with Gasteiger partial charge in [-0.2, -0.15) is 0 Å². The number of carbonyl (C=O) groups excluding carboxylic acids is 2. The van der Waals surface area contributed by atoms with E-state index in [4.69, 9.17) is 28.2 Å². The topological polar surface area (TPSA) is 86.9 Å². The molecule has 0 atom stereocenters. The van der Waals surface area contributed by atoms with Crippen molar-refractivity contribution in [2.45, 2.75) is 38.5 Å². The van der Waals surface area contributed by atoms with Crippen LogP contribution in [0.25, 0.3) is 22.4 Å². The van der Waals surface area contributed by atoms with Gasteiger partial charge in [-0.25, -0.2) is 4.98 Å². The van der Waals surface area contributed by atoms with Crippen molar-refractivity contribution in [1.82, 2.24) is 9.97 Å². The van der Waals surface area contributed by atoms with Gasteiger partial charge in [-0.3, -0.25) is 9.59 Å². The fraction of sp³-hybridized carbons (Fsp3) is 0.323. The van der Waals surface area contributed by atoms with Gasteiger partial charge >= 0.3 is 0 Å². The zero-order chi connectivity index (χ0) is 26.7. The highest BCUT2D eigenvalue weighted by molar-refractivity contribution is 6.37. The molecular weight excluding hydrogens is 531 g/mol. The van der Waals surface area contributed by atoms with E-state index in [9.17, 15) is 9.59 Å². The molecule has 0 spiro atoms. The van der Waals surface area contributed by atoms with Gasteiger partial charge in [0.25, 0.3) is 5.91 Å². The van der Waals surface area contributed by atoms with E-state index in [0.29, 0.717) is 27.1 Å². The summed E-state index contributed by atoms with van der Waals surface area (Å²) in [5, 5.41) is 6.88. The predicted octanol–water partition coefficient (Wildman–Crippen LogP) is 7.94. The van der Waals surface area contributed by atoms with E-state index in [1.165, 1.54) is 19.3 Å². The number of imidazole rings is 1. The molecule has 1 heterocycles. The molecule has 3 N–H and O–H groups in total. The fourth-order valence-corrected chi connectivity index (χ4v) is 7.95. The fourth-order valence-electron chi connectivity index (χ4n) is 7.46. The first-order valence-electron chi connectivity index (χ1n) is 13.5. The van der Waals surface area contributed by atoms with Gasteiger partial charge < -0.3 is 15.6 Å². The van der Waals surface area contributed by atoms with Gasteiger partial charge in [-0.05, 0) is 117 Å². The van der Waals surface area contributed by atoms with E-state index >= 15 is 0 Å². The van der Waals surface area contributed by atoms with Crippen LogP contribution in [0.15, 0.2) is 60.7 Å². The average molecular weight is 559 g/mol. The van der Waals surface area contributed by atoms with Gasteiger partial charge in [0.2, 0.25) is 5.91 Å². The van der Waals surface area contributed by atoms with E-state index in [1.807, 2.05) is 42.5 Å². The van der Waals surface area contributed by atoms with Crippen molar-refractivity contribution in [3.05, 3.63) is 76.3 Å². The van der Waals surface area contributed by atoms with Gasteiger partial charge in [0.1, 0.15) is 5.82 Å². The number of amides is 2. The molecule has 0 radical (unpaired) electrons. The lowest BCUT2D eigenvalue weighted by Gasteiger charge is -2.55. The Kier molecular flexibility index (Phi) is 5.94. The van der Waals surface area contributed by atoms with Crippen molar-refractivity contribution in [3.8, 4) is 11.4 Å². The molecule has 8 rings (SSSR count). The van der Waals surface area contributed by atoms with Gasteiger partial charge in [0.05, 0.1) is 27.0 Å². The largest absolute Gasteiger partial charge is 0.338 e. The number of halogens is 2. The molecule has 39 heavy (non-hydrogen) atoms. The summed E-state index contributed by atoms with van der Waals surface area (Å²) >= 11 is 12.1. The summed E-state index contributed by atoms with van der Waals surface area (Å²) in [6.45, 7) is 0. The normalized spacial score (nSPS) is 25.1. The molecule has 4 aliphatic rings. The zero-order valence-electron chi connectivity index (χ0n) is 21.3. The predicted molar refractivity (Wildman–Crippen MR) is 155 cm³/mol. The second-order valence-electron chi connectivity index (χ2n) is 11.6. The van der Waals surface area contributed by atoms with Crippen molar-refractivity contribution in [2.24, 2.45) is 23.2 Å². The third kappa shape index (κ3) is 4.60. The monoisotopic (exact) mass is 558 g/mol. The van der Waals surface area contributed by atoms with Gasteiger partial charge in [-0.1, -0.05) is 23.2 Å². The third-order valence-electron chi connectivity index (χ3n) is 8.85. The molecule has 3 aromatic carbocycles. The Hall–Kier alpha value is -3.35. The summed E-state index contributed by atoms with van der Waals surface area (Å²) in [6.07, 6.45) is 7.10. The number of rotatable bonds is 5. The molecule has 0 unspecified atom stereocenters. The van der Waals surface area contributed by atoms with Gasteiger partial charge in [0.15, 0.2) is 0 Å². The SMILES string of the molecule is O=C(Nc1ccc(-c2nc3ccc(NC(=O)C45CC6CC(CC(C6)C4)C5)cc3[nH]2)cc1)c1ccc(Cl)cc1Cl. The number of hydrogen-bond acceptors (Lipinski definition) is 3. The van der Waals surface area contributed by atoms with Crippen molar-refractivity contribution in [1.29, 1.82) is 0 Å². The van der Waals surface area contributed by atoms with Crippen molar-refractivity contribution < 1.29 is 9.59 Å². The minimum Gasteiger partial charge on any atom is -0.338 e. The molecule has 4 fully saturated rings. The van der Waals surface area contributed by atoms with E-state index in [0.717, 1.165) is 59.3 Å². The standard InChI is InChI=1S/C31H28Cl2N4O2/c32-21-3-7-24(25(33)12-21)29(38)34-22-4-1-20(2-5-22)28-36-26-8-6-23(13-27(26)37-28)35-30(39)31-14-17-9-18(15-31)11-19(10-17)16-31/h1-8,12-13,17-19H,9-11,14-16H2,(H,34,38)(H,35,39)(H,36,37). The van der Waals surface area contributed by atoms with E-state index in [2.05, 4.69) is 15.6 Å². The Balaban J connectivity index is 1.06. The Morgan fingerprint density at radius 3 is 2.15 bits per heavy atom. The summed E-state index contributed by atoms with van der Waals surface area (Å²) in [6, 6.07) is 18.1. The van der Waals surface area contributed by atoms with Crippen LogP contribution < -0.4 is 10.6 Å². The summed E-state index contributed by atoms with van der Waals surface area (Å²) in [7, 11) is 0. The van der Waals surface area contributed by atoms with Crippen LogP contribution in [0, 0.1) is 23.2 Å². The van der Waals surface area contributed by atoms with Crippen LogP contribution in [0.4, 0.5) is 11.4 Å². The Labute approximate surface area is 236 Å². The summed E-state index contributed by atoms with van der Waals surface area (Å²) < 4.78 is 0. The first-order chi connectivity index (χ1) is 18.8. The lowest BCUT2D eigenvalue weighted by atomic mass is 9.49. The highest BCUT2D eigenvalue weighted by atomic mass is 35.5. The molecule has 0 aliphatic heterocycles. The number of nitrogens with one attached hydrogen (secondary N) is 3. The van der Waals surface area contributed by atoms with Crippen LogP contribution in [-0.4, -0.2) is 21.8 Å². The molecule has 8 heteroatoms. The average Bonchev–Trinajstić information content (AvgIpc) is 3.32. The van der Waals surface area contributed by atoms with Crippen LogP contribution in [-0.2, 0) is 4.79 Å². The highest BCUT2D eigenvalue weighted by Crippen LogP contribution is 2.60. The number of H-pyrrole nitrogens is 1. The van der Waals surface area contributed by atoms with Crippen LogP contribution in [0.2, 0.25) is 10.0 Å². The third-order valence-corrected chi connectivity index (χ3v) is 9.40. The summed E-state index contributed by atoms with van der Waals surface area (Å²) in [5.41, 5.74) is 4.19. The molecule has 4 saturated carbocycles. The second kappa shape index (κ2) is 9.39.